The summed E-state index contributed by atoms with van der Waals surface area (Å²) in [5.74, 6) is 0.816. The Labute approximate surface area is 160 Å². The van der Waals surface area contributed by atoms with Crippen molar-refractivity contribution in [2.75, 3.05) is 12.4 Å². The second-order valence-electron chi connectivity index (χ2n) is 6.03. The Balaban J connectivity index is 1.81. The molecule has 0 fully saturated rings. The quantitative estimate of drug-likeness (QED) is 0.620. The van der Waals surface area contributed by atoms with Crippen molar-refractivity contribution in [3.8, 4) is 5.75 Å². The van der Waals surface area contributed by atoms with Gasteiger partial charge in [0.1, 0.15) is 5.75 Å². The molecule has 0 radical (unpaired) electrons. The third-order valence-electron chi connectivity index (χ3n) is 4.26. The first-order chi connectivity index (χ1) is 12.7. The smallest absolute Gasteiger partial charge is 0.171 e. The Hall–Kier alpha value is -2.85. The van der Waals surface area contributed by atoms with Crippen LogP contribution < -0.4 is 15.4 Å². The maximum Gasteiger partial charge on any atom is 0.171 e. The van der Waals surface area contributed by atoms with Crippen molar-refractivity contribution < 1.29 is 4.74 Å². The number of benzene rings is 3. The molecule has 0 spiro atoms. The highest BCUT2D eigenvalue weighted by atomic mass is 32.1. The summed E-state index contributed by atoms with van der Waals surface area (Å²) in [6.45, 7) is 2.12. The van der Waals surface area contributed by atoms with Crippen LogP contribution in [0.15, 0.2) is 78.9 Å². The molecule has 3 aromatic rings. The summed E-state index contributed by atoms with van der Waals surface area (Å²) in [5.41, 5.74) is 4.51. The minimum atomic E-state index is -0.0179. The number of rotatable bonds is 5. The van der Waals surface area contributed by atoms with Gasteiger partial charge in [-0.1, -0.05) is 54.6 Å². The molecule has 0 aliphatic rings. The maximum absolute atomic E-state index is 5.56. The van der Waals surface area contributed by atoms with E-state index >= 15 is 0 Å². The van der Waals surface area contributed by atoms with E-state index in [1.54, 1.807) is 7.11 Å². The summed E-state index contributed by atoms with van der Waals surface area (Å²) in [4.78, 5) is 0. The lowest BCUT2D eigenvalue weighted by molar-refractivity contribution is 0.415. The molecule has 1 unspecified atom stereocenters. The summed E-state index contributed by atoms with van der Waals surface area (Å²) in [5, 5.41) is 7.28. The van der Waals surface area contributed by atoms with Crippen molar-refractivity contribution in [2.45, 2.75) is 13.0 Å². The number of methoxy groups -OCH3 is 1. The fraction of sp³-hybridized carbons (Fsp3) is 0.136. The standard InChI is InChI=1S/C22H22N2OS/c1-16-8-6-7-11-20(16)21(17-9-4-3-5-10-17)24-22(26)23-18-12-14-19(25-2)15-13-18/h3-15,21H,1-2H3,(H2,23,24,26). The molecule has 3 aromatic carbocycles. The molecule has 0 aliphatic heterocycles. The summed E-state index contributed by atoms with van der Waals surface area (Å²) in [6.07, 6.45) is 0. The van der Waals surface area contributed by atoms with Crippen LogP contribution in [0, 0.1) is 6.92 Å². The highest BCUT2D eigenvalue weighted by Gasteiger charge is 2.16. The third-order valence-corrected chi connectivity index (χ3v) is 4.48. The van der Waals surface area contributed by atoms with Crippen molar-refractivity contribution in [3.63, 3.8) is 0 Å². The van der Waals surface area contributed by atoms with Crippen molar-refractivity contribution in [1.82, 2.24) is 5.32 Å². The van der Waals surface area contributed by atoms with Crippen molar-refractivity contribution in [3.05, 3.63) is 95.6 Å². The largest absolute Gasteiger partial charge is 0.497 e. The molecule has 3 rings (SSSR count). The highest BCUT2D eigenvalue weighted by molar-refractivity contribution is 7.80. The van der Waals surface area contributed by atoms with Crippen LogP contribution in [0.2, 0.25) is 0 Å². The molecule has 0 heterocycles. The van der Waals surface area contributed by atoms with Gasteiger partial charge < -0.3 is 15.4 Å². The predicted molar refractivity (Wildman–Crippen MR) is 112 cm³/mol. The lowest BCUT2D eigenvalue weighted by Gasteiger charge is -2.23. The van der Waals surface area contributed by atoms with Gasteiger partial charge in [0.2, 0.25) is 0 Å². The van der Waals surface area contributed by atoms with Crippen LogP contribution in [-0.4, -0.2) is 12.2 Å². The molecular formula is C22H22N2OS. The highest BCUT2D eigenvalue weighted by Crippen LogP contribution is 2.25. The first kappa shape index (κ1) is 18.0. The summed E-state index contributed by atoms with van der Waals surface area (Å²) < 4.78 is 5.19. The minimum Gasteiger partial charge on any atom is -0.497 e. The number of hydrogen-bond donors (Lipinski definition) is 2. The Kier molecular flexibility index (Phi) is 5.87. The van der Waals surface area contributed by atoms with Gasteiger partial charge in [-0.25, -0.2) is 0 Å². The van der Waals surface area contributed by atoms with Gasteiger partial charge in [0.25, 0.3) is 0 Å². The van der Waals surface area contributed by atoms with E-state index in [1.807, 2.05) is 42.5 Å². The molecule has 0 aliphatic carbocycles. The second-order valence-corrected chi connectivity index (χ2v) is 6.44. The van der Waals surface area contributed by atoms with Gasteiger partial charge in [-0.2, -0.15) is 0 Å². The molecule has 132 valence electrons. The van der Waals surface area contributed by atoms with Crippen LogP contribution in [-0.2, 0) is 0 Å². The van der Waals surface area contributed by atoms with E-state index in [1.165, 1.54) is 16.7 Å². The topological polar surface area (TPSA) is 33.3 Å². The number of hydrogen-bond acceptors (Lipinski definition) is 2. The lowest BCUT2D eigenvalue weighted by atomic mass is 9.95. The molecular weight excluding hydrogens is 340 g/mol. The zero-order valence-electron chi connectivity index (χ0n) is 14.9. The van der Waals surface area contributed by atoms with E-state index in [4.69, 9.17) is 17.0 Å². The Morgan fingerprint density at radius 2 is 1.54 bits per heavy atom. The zero-order chi connectivity index (χ0) is 18.4. The van der Waals surface area contributed by atoms with E-state index < -0.39 is 0 Å². The summed E-state index contributed by atoms with van der Waals surface area (Å²) >= 11 is 5.56. The summed E-state index contributed by atoms with van der Waals surface area (Å²) in [7, 11) is 1.65. The van der Waals surface area contributed by atoms with Crippen molar-refractivity contribution in [2.24, 2.45) is 0 Å². The average molecular weight is 362 g/mol. The van der Waals surface area contributed by atoms with Gasteiger partial charge in [-0.05, 0) is 60.1 Å². The number of thiocarbonyl (C=S) groups is 1. The van der Waals surface area contributed by atoms with Crippen molar-refractivity contribution >= 4 is 23.0 Å². The molecule has 0 saturated heterocycles. The van der Waals surface area contributed by atoms with Crippen LogP contribution >= 0.6 is 12.2 Å². The molecule has 1 atom stereocenters. The first-order valence-corrected chi connectivity index (χ1v) is 8.90. The summed E-state index contributed by atoms with van der Waals surface area (Å²) in [6, 6.07) is 26.4. The minimum absolute atomic E-state index is 0.0179. The van der Waals surface area contributed by atoms with Crippen molar-refractivity contribution in [1.29, 1.82) is 0 Å². The molecule has 0 amide bonds. The molecule has 2 N–H and O–H groups in total. The van der Waals surface area contributed by atoms with Crippen LogP contribution in [0.25, 0.3) is 0 Å². The number of aryl methyl sites for hydroxylation is 1. The van der Waals surface area contributed by atoms with Gasteiger partial charge in [0, 0.05) is 5.69 Å². The van der Waals surface area contributed by atoms with Gasteiger partial charge in [-0.3, -0.25) is 0 Å². The monoisotopic (exact) mass is 362 g/mol. The molecule has 0 bridgehead atoms. The number of anilines is 1. The molecule has 0 saturated carbocycles. The van der Waals surface area contributed by atoms with E-state index in [9.17, 15) is 0 Å². The first-order valence-electron chi connectivity index (χ1n) is 8.49. The molecule has 0 aromatic heterocycles. The van der Waals surface area contributed by atoms with E-state index in [0.717, 1.165) is 11.4 Å². The molecule has 3 nitrogen and oxygen atoms in total. The Bertz CT molecular complexity index is 863. The van der Waals surface area contributed by atoms with Crippen LogP contribution in [0.4, 0.5) is 5.69 Å². The molecule has 4 heteroatoms. The SMILES string of the molecule is COc1ccc(NC(=S)NC(c2ccccc2)c2ccccc2C)cc1. The third kappa shape index (κ3) is 4.41. The fourth-order valence-electron chi connectivity index (χ4n) is 2.87. The van der Waals surface area contributed by atoms with Gasteiger partial charge in [0.15, 0.2) is 5.11 Å². The zero-order valence-corrected chi connectivity index (χ0v) is 15.7. The number of nitrogens with one attached hydrogen (secondary N) is 2. The van der Waals surface area contributed by atoms with E-state index in [-0.39, 0.29) is 6.04 Å². The average Bonchev–Trinajstić information content (AvgIpc) is 2.68. The Morgan fingerprint density at radius 3 is 2.19 bits per heavy atom. The van der Waals surface area contributed by atoms with Gasteiger partial charge >= 0.3 is 0 Å². The van der Waals surface area contributed by atoms with Crippen LogP contribution in [0.5, 0.6) is 5.75 Å². The van der Waals surface area contributed by atoms with Crippen LogP contribution in [0.1, 0.15) is 22.7 Å². The second kappa shape index (κ2) is 8.50. The molecule has 26 heavy (non-hydrogen) atoms. The predicted octanol–water partition coefficient (Wildman–Crippen LogP) is 5.08. The van der Waals surface area contributed by atoms with E-state index in [0.29, 0.717) is 5.11 Å². The van der Waals surface area contributed by atoms with Gasteiger partial charge in [0.05, 0.1) is 13.2 Å². The number of ether oxygens (including phenoxy) is 1. The fourth-order valence-corrected chi connectivity index (χ4v) is 3.11. The lowest BCUT2D eigenvalue weighted by Crippen LogP contribution is -2.33. The maximum atomic E-state index is 5.56. The Morgan fingerprint density at radius 1 is 0.885 bits per heavy atom. The van der Waals surface area contributed by atoms with Gasteiger partial charge in [-0.15, -0.1) is 0 Å². The van der Waals surface area contributed by atoms with Crippen LogP contribution in [0.3, 0.4) is 0 Å². The normalized spacial score (nSPS) is 11.5. The van der Waals surface area contributed by atoms with E-state index in [2.05, 4.69) is 54.0 Å².